The lowest BCUT2D eigenvalue weighted by Gasteiger charge is -2.30. The van der Waals surface area contributed by atoms with Crippen LogP contribution in [0.2, 0.25) is 0 Å². The second-order valence-corrected chi connectivity index (χ2v) is 16.3. The van der Waals surface area contributed by atoms with Crippen molar-refractivity contribution in [3.63, 3.8) is 0 Å². The topological polar surface area (TPSA) is 6.48 Å². The first-order chi connectivity index (χ1) is 30.1. The molecule has 0 fully saturated rings. The number of nitrogens with zero attached hydrogens (tertiary/aromatic N) is 2. The Hall–Kier alpha value is -7.94. The zero-order valence-corrected chi connectivity index (χ0v) is 33.8. The molecule has 0 bridgehead atoms. The molecule has 0 aromatic heterocycles. The lowest BCUT2D eigenvalue weighted by Crippen LogP contribution is -2.12. The first-order valence-corrected chi connectivity index (χ1v) is 21.1. The third-order valence-corrected chi connectivity index (χ3v) is 12.5. The largest absolute Gasteiger partial charge is 0.310 e. The molecule has 0 aliphatic carbocycles. The molecule has 0 N–H and O–H groups in total. The summed E-state index contributed by atoms with van der Waals surface area (Å²) in [6, 6.07) is 82.8. The summed E-state index contributed by atoms with van der Waals surface area (Å²) < 4.78 is 0. The Labute approximate surface area is 354 Å². The maximum absolute atomic E-state index is 2.47. The van der Waals surface area contributed by atoms with Gasteiger partial charge in [0.05, 0.1) is 11.4 Å². The van der Waals surface area contributed by atoms with E-state index in [2.05, 4.69) is 241 Å². The van der Waals surface area contributed by atoms with E-state index >= 15 is 0 Å². The molecule has 0 aliphatic heterocycles. The molecular formula is C59H40N2. The second-order valence-electron chi connectivity index (χ2n) is 16.3. The van der Waals surface area contributed by atoms with Crippen molar-refractivity contribution in [2.24, 2.45) is 0 Å². The molecule has 12 aromatic carbocycles. The average molecular weight is 777 g/mol. The van der Waals surface area contributed by atoms with Crippen molar-refractivity contribution < 1.29 is 0 Å². The molecule has 0 aliphatic rings. The standard InChI is InChI=1S/C59H40N2/c1-39-22-31-53-56-37-58(60(48-27-23-40-12-2-6-16-44(40)33-48)49-28-24-41-13-3-7-17-45(41)34-49)54-21-11-10-20-52(54)55(56)38-59(57(53)32-39)61(50-29-25-42-14-4-8-18-46(42)35-50)51-30-26-43-15-5-9-19-47(43)36-51/h2-38H,1H3. The Morgan fingerprint density at radius 3 is 0.967 bits per heavy atom. The fraction of sp³-hybridized carbons (Fsp3) is 0.0169. The van der Waals surface area contributed by atoms with Crippen molar-refractivity contribution in [2.75, 3.05) is 9.80 Å². The lowest BCUT2D eigenvalue weighted by molar-refractivity contribution is 1.31. The number of hydrogen-bond donors (Lipinski definition) is 0. The molecule has 286 valence electrons. The van der Waals surface area contributed by atoms with Gasteiger partial charge in [-0.1, -0.05) is 163 Å². The number of aryl methyl sites for hydroxylation is 1. The van der Waals surface area contributed by atoms with Crippen molar-refractivity contribution >= 4 is 110 Å². The number of fused-ring (bicyclic) bond motifs is 9. The van der Waals surface area contributed by atoms with Crippen molar-refractivity contribution in [3.8, 4) is 0 Å². The van der Waals surface area contributed by atoms with Crippen molar-refractivity contribution in [3.05, 3.63) is 230 Å². The van der Waals surface area contributed by atoms with Crippen LogP contribution in [0.3, 0.4) is 0 Å². The van der Waals surface area contributed by atoms with Crippen molar-refractivity contribution in [1.82, 2.24) is 0 Å². The normalized spacial score (nSPS) is 11.7. The van der Waals surface area contributed by atoms with E-state index in [1.807, 2.05) is 0 Å². The highest BCUT2D eigenvalue weighted by Crippen LogP contribution is 2.49. The van der Waals surface area contributed by atoms with Gasteiger partial charge in [-0.05, 0) is 138 Å². The van der Waals surface area contributed by atoms with Crippen LogP contribution >= 0.6 is 0 Å². The molecule has 12 aromatic rings. The highest BCUT2D eigenvalue weighted by atomic mass is 15.2. The highest BCUT2D eigenvalue weighted by molar-refractivity contribution is 6.25. The van der Waals surface area contributed by atoms with Gasteiger partial charge in [-0.2, -0.15) is 0 Å². The van der Waals surface area contributed by atoms with E-state index in [-0.39, 0.29) is 0 Å². The summed E-state index contributed by atoms with van der Waals surface area (Å²) in [5.41, 5.74) is 7.99. The van der Waals surface area contributed by atoms with E-state index in [9.17, 15) is 0 Å². The van der Waals surface area contributed by atoms with Crippen LogP contribution < -0.4 is 9.80 Å². The Morgan fingerprint density at radius 1 is 0.230 bits per heavy atom. The van der Waals surface area contributed by atoms with E-state index in [1.54, 1.807) is 0 Å². The molecule has 0 radical (unpaired) electrons. The molecule has 12 rings (SSSR count). The van der Waals surface area contributed by atoms with Crippen LogP contribution in [0.15, 0.2) is 224 Å². The Morgan fingerprint density at radius 2 is 0.557 bits per heavy atom. The summed E-state index contributed by atoms with van der Waals surface area (Å²) in [7, 11) is 0. The minimum Gasteiger partial charge on any atom is -0.310 e. The quantitative estimate of drug-likeness (QED) is 0.155. The molecule has 2 nitrogen and oxygen atoms in total. The number of rotatable bonds is 6. The molecule has 0 unspecified atom stereocenters. The lowest BCUT2D eigenvalue weighted by atomic mass is 9.92. The molecule has 0 heterocycles. The zero-order chi connectivity index (χ0) is 40.4. The van der Waals surface area contributed by atoms with Crippen molar-refractivity contribution in [2.45, 2.75) is 6.92 Å². The van der Waals surface area contributed by atoms with E-state index in [1.165, 1.54) is 81.0 Å². The van der Waals surface area contributed by atoms with Crippen LogP contribution in [0.4, 0.5) is 34.1 Å². The van der Waals surface area contributed by atoms with Crippen LogP contribution in [0.1, 0.15) is 5.56 Å². The zero-order valence-electron chi connectivity index (χ0n) is 33.8. The van der Waals surface area contributed by atoms with Gasteiger partial charge >= 0.3 is 0 Å². The van der Waals surface area contributed by atoms with Crippen LogP contribution in [0.25, 0.3) is 75.4 Å². The summed E-state index contributed by atoms with van der Waals surface area (Å²) >= 11 is 0. The van der Waals surface area contributed by atoms with Crippen LogP contribution in [0.5, 0.6) is 0 Å². The summed E-state index contributed by atoms with van der Waals surface area (Å²) in [6.45, 7) is 2.21. The Balaban J connectivity index is 1.17. The third kappa shape index (κ3) is 5.95. The molecule has 2 heteroatoms. The minimum atomic E-state index is 1.12. The van der Waals surface area contributed by atoms with Crippen molar-refractivity contribution in [1.29, 1.82) is 0 Å². The number of hydrogen-bond acceptors (Lipinski definition) is 2. The van der Waals surface area contributed by atoms with Gasteiger partial charge in [0.1, 0.15) is 0 Å². The minimum absolute atomic E-state index is 1.12. The van der Waals surface area contributed by atoms with E-state index < -0.39 is 0 Å². The maximum atomic E-state index is 2.47. The van der Waals surface area contributed by atoms with E-state index in [4.69, 9.17) is 0 Å². The average Bonchev–Trinajstić information content (AvgIpc) is 3.31. The molecular weight excluding hydrogens is 737 g/mol. The van der Waals surface area contributed by atoms with Gasteiger partial charge < -0.3 is 9.80 Å². The number of benzene rings is 12. The fourth-order valence-corrected chi connectivity index (χ4v) is 9.56. The molecule has 61 heavy (non-hydrogen) atoms. The first-order valence-electron chi connectivity index (χ1n) is 21.1. The van der Waals surface area contributed by atoms with Gasteiger partial charge in [-0.3, -0.25) is 0 Å². The Kier molecular flexibility index (Phi) is 8.11. The molecule has 0 saturated carbocycles. The van der Waals surface area contributed by atoms with Gasteiger partial charge in [0.25, 0.3) is 0 Å². The van der Waals surface area contributed by atoms with Gasteiger partial charge in [0.2, 0.25) is 0 Å². The Bertz CT molecular complexity index is 3540. The van der Waals surface area contributed by atoms with Gasteiger partial charge in [-0.15, -0.1) is 0 Å². The smallest absolute Gasteiger partial charge is 0.0546 e. The van der Waals surface area contributed by atoms with Crippen LogP contribution in [-0.4, -0.2) is 0 Å². The number of anilines is 6. The molecule has 0 amide bonds. The van der Waals surface area contributed by atoms with Gasteiger partial charge in [-0.25, -0.2) is 0 Å². The predicted molar refractivity (Wildman–Crippen MR) is 263 cm³/mol. The van der Waals surface area contributed by atoms with E-state index in [0.717, 1.165) is 34.1 Å². The maximum Gasteiger partial charge on any atom is 0.0546 e. The SMILES string of the molecule is Cc1ccc2c(c1)c(N(c1ccc3ccccc3c1)c1ccc3ccccc3c1)cc1c3ccccc3c(N(c3ccc4ccccc4c3)c3ccc4ccccc4c3)cc21. The second kappa shape index (κ2) is 14.1. The fourth-order valence-electron chi connectivity index (χ4n) is 9.56. The summed E-state index contributed by atoms with van der Waals surface area (Å²) in [5, 5.41) is 17.0. The third-order valence-electron chi connectivity index (χ3n) is 12.5. The summed E-state index contributed by atoms with van der Waals surface area (Å²) in [5.74, 6) is 0. The molecule has 0 atom stereocenters. The van der Waals surface area contributed by atoms with Crippen LogP contribution in [-0.2, 0) is 0 Å². The highest BCUT2D eigenvalue weighted by Gasteiger charge is 2.23. The molecule has 0 saturated heterocycles. The van der Waals surface area contributed by atoms with Gasteiger partial charge in [0, 0.05) is 33.5 Å². The first kappa shape index (κ1) is 35.0. The summed E-state index contributed by atoms with van der Waals surface area (Å²) in [6.07, 6.45) is 0. The van der Waals surface area contributed by atoms with Gasteiger partial charge in [0.15, 0.2) is 0 Å². The van der Waals surface area contributed by atoms with Crippen LogP contribution in [0, 0.1) is 6.92 Å². The molecule has 0 spiro atoms. The summed E-state index contributed by atoms with van der Waals surface area (Å²) in [4.78, 5) is 4.93. The predicted octanol–water partition coefficient (Wildman–Crippen LogP) is 17.0. The monoisotopic (exact) mass is 776 g/mol. The van der Waals surface area contributed by atoms with E-state index in [0.29, 0.717) is 0 Å².